The average Bonchev–Trinajstić information content (AvgIpc) is 1.52. The van der Waals surface area contributed by atoms with Crippen molar-refractivity contribution in [1.29, 1.82) is 0 Å². The highest BCUT2D eigenvalue weighted by Crippen LogP contribution is 2.59. The second-order valence-corrected chi connectivity index (χ2v) is 37.3. The fourth-order valence-electron chi connectivity index (χ4n) is 25.2. The zero-order chi connectivity index (χ0) is 86.8. The minimum atomic E-state index is -0.105. The van der Waals surface area contributed by atoms with E-state index in [2.05, 4.69) is 353 Å². The summed E-state index contributed by atoms with van der Waals surface area (Å²) in [5.74, 6) is 0. The maximum Gasteiger partial charge on any atom is 0.145 e. The number of aromatic nitrogens is 4. The number of hydrogen-bond donors (Lipinski definition) is 0. The first-order valence-corrected chi connectivity index (χ1v) is 45.9. The van der Waals surface area contributed by atoms with Crippen LogP contribution < -0.4 is 0 Å². The van der Waals surface area contributed by atoms with Gasteiger partial charge in [-0.3, -0.25) is 0 Å². The van der Waals surface area contributed by atoms with Crippen LogP contribution in [0.25, 0.3) is 317 Å². The van der Waals surface area contributed by atoms with Crippen molar-refractivity contribution in [2.24, 2.45) is 0 Å². The smallest absolute Gasteiger partial charge is 0.145 e. The van der Waals surface area contributed by atoms with E-state index in [1.807, 2.05) is 42.5 Å². The molecule has 620 valence electrons. The lowest BCUT2D eigenvalue weighted by Gasteiger charge is -2.22. The van der Waals surface area contributed by atoms with E-state index in [1.165, 1.54) is 180 Å². The van der Waals surface area contributed by atoms with Crippen LogP contribution in [0, 0.1) is 0 Å². The minimum Gasteiger partial charge on any atom is -0.456 e. The maximum atomic E-state index is 6.63. The number of hydrogen-bond acceptors (Lipinski definition) is 7. The maximum absolute atomic E-state index is 6.63. The Kier molecular flexibility index (Phi) is 12.9. The molecule has 0 aliphatic heterocycles. The van der Waals surface area contributed by atoms with Gasteiger partial charge in [0.15, 0.2) is 0 Å². The second-order valence-electron chi connectivity index (χ2n) is 37.3. The Bertz CT molecular complexity index is 11500. The standard InChI is InChI=1S/C33H21NO.3C30H15NO2/c1-33(2)24-12-6-3-9-18(24)22-17-23-19-10-4-7-13-25(19)34-26-16-15-21-20-11-5-8-14-27(20)35-32(21)28(26)29(30(22)33)31(23)34;1-4-10-22-19(9-1)27-28-21(15-20-17-8-3-6-12-25(17)33-30(20)27)26-23(31(22)28)14-13-18-16-7-2-5-11-24(16)32-29(18)26;1-4-10-21-18(8-1)28-27-19-9-3-6-12-24(19)32-25(27)15-20-26-22(31(21)29(20)28)14-13-17-16-7-2-5-11-23(16)33-30(17)26;1-4-10-21-16(7-1)20-15-25-26(19-9-3-6-12-24(19)32-25)28-27-22(31(21)29(20)28)14-13-18-17-8-2-5-11-23(17)33-30(18)27/h3-17H,1-2H3;3*1-15H. The Balaban J connectivity index is 0.0000000807. The molecule has 0 amide bonds. The molecule has 0 radical (unpaired) electrons. The van der Waals surface area contributed by atoms with Crippen LogP contribution in [0.1, 0.15) is 25.0 Å². The summed E-state index contributed by atoms with van der Waals surface area (Å²) >= 11 is 0. The van der Waals surface area contributed by atoms with Crippen molar-refractivity contribution in [2.45, 2.75) is 19.3 Å². The minimum absolute atomic E-state index is 0.105. The van der Waals surface area contributed by atoms with Crippen LogP contribution >= 0.6 is 0 Å². The summed E-state index contributed by atoms with van der Waals surface area (Å²) in [6, 6.07) is 129. The van der Waals surface area contributed by atoms with Gasteiger partial charge in [0.2, 0.25) is 0 Å². The molecular formula is C123H66N4O7. The van der Waals surface area contributed by atoms with E-state index in [1.54, 1.807) is 0 Å². The molecule has 0 N–H and O–H groups in total. The van der Waals surface area contributed by atoms with E-state index in [-0.39, 0.29) is 5.41 Å². The highest BCUT2D eigenvalue weighted by atomic mass is 16.4. The first-order valence-electron chi connectivity index (χ1n) is 45.9. The van der Waals surface area contributed by atoms with Crippen molar-refractivity contribution in [2.75, 3.05) is 0 Å². The first kappa shape index (κ1) is 70.2. The lowest BCUT2D eigenvalue weighted by molar-refractivity contribution is 0.665. The summed E-state index contributed by atoms with van der Waals surface area (Å²) in [6.07, 6.45) is 0. The van der Waals surface area contributed by atoms with Gasteiger partial charge in [0, 0.05) is 140 Å². The summed E-state index contributed by atoms with van der Waals surface area (Å²) < 4.78 is 55.0. The van der Waals surface area contributed by atoms with E-state index in [4.69, 9.17) is 30.9 Å². The van der Waals surface area contributed by atoms with Crippen molar-refractivity contribution >= 4 is 306 Å². The molecule has 0 bridgehead atoms. The van der Waals surface area contributed by atoms with E-state index < -0.39 is 0 Å². The van der Waals surface area contributed by atoms with Crippen LogP contribution in [0.15, 0.2) is 395 Å². The number of furan rings is 7. The largest absolute Gasteiger partial charge is 0.456 e. The van der Waals surface area contributed by atoms with E-state index in [0.717, 1.165) is 148 Å². The second kappa shape index (κ2) is 24.6. The van der Waals surface area contributed by atoms with Gasteiger partial charge < -0.3 is 48.5 Å². The van der Waals surface area contributed by atoms with Gasteiger partial charge in [0.05, 0.1) is 93.1 Å². The van der Waals surface area contributed by atoms with Gasteiger partial charge in [-0.25, -0.2) is 0 Å². The molecule has 1 aliphatic carbocycles. The van der Waals surface area contributed by atoms with Crippen LogP contribution in [0.2, 0.25) is 0 Å². The predicted octanol–water partition coefficient (Wildman–Crippen LogP) is 34.9. The summed E-state index contributed by atoms with van der Waals surface area (Å²) in [7, 11) is 0. The quantitative estimate of drug-likeness (QED) is 0.149. The molecule has 36 rings (SSSR count). The van der Waals surface area contributed by atoms with Gasteiger partial charge in [-0.15, -0.1) is 0 Å². The summed E-state index contributed by atoms with van der Waals surface area (Å²) in [5.41, 5.74) is 33.1. The summed E-state index contributed by atoms with van der Waals surface area (Å²) in [6.45, 7) is 4.76. The molecule has 0 atom stereocenters. The summed E-state index contributed by atoms with van der Waals surface area (Å²) in [4.78, 5) is 0. The van der Waals surface area contributed by atoms with Gasteiger partial charge in [0.25, 0.3) is 0 Å². The SMILES string of the molecule is CC1(C)c2ccccc2-c2cc3c4ccccc4n4c5ccc6c7ccccc7oc6c5c(c21)c34.c1ccc2c(c1)oc1c2ccc2c1c1c3c(cc4c5ccccc5n2c41)oc1ccccc13.c1ccc2c(c1)oc1c2ccc2c1c1cc3c4ccccc4oc3c3c4ccccc4n2c13.c1ccc2c(c1)oc1c2ccc2c1c1cc3oc4ccccc4c3c3c4ccccc4n2c13. The lowest BCUT2D eigenvalue weighted by atomic mass is 9.80. The van der Waals surface area contributed by atoms with E-state index in [9.17, 15) is 0 Å². The molecule has 20 aromatic carbocycles. The fourth-order valence-corrected chi connectivity index (χ4v) is 25.2. The van der Waals surface area contributed by atoms with Gasteiger partial charge in [0.1, 0.15) is 78.2 Å². The number of fused-ring (bicyclic) bond motifs is 56. The Morgan fingerprint density at radius 2 is 0.463 bits per heavy atom. The molecule has 35 aromatic rings. The molecule has 11 nitrogen and oxygen atoms in total. The van der Waals surface area contributed by atoms with Crippen molar-refractivity contribution in [3.63, 3.8) is 0 Å². The number of para-hydroxylation sites is 11. The number of benzene rings is 20. The molecule has 0 saturated carbocycles. The Hall–Kier alpha value is -17.8. The molecule has 15 aromatic heterocycles. The molecular weight excluding hydrogens is 1650 g/mol. The van der Waals surface area contributed by atoms with Crippen LogP contribution in [-0.2, 0) is 5.41 Å². The molecule has 0 saturated heterocycles. The lowest BCUT2D eigenvalue weighted by Crippen LogP contribution is -2.15. The van der Waals surface area contributed by atoms with Crippen molar-refractivity contribution in [1.82, 2.24) is 17.6 Å². The van der Waals surface area contributed by atoms with Gasteiger partial charge in [-0.2, -0.15) is 0 Å². The summed E-state index contributed by atoms with van der Waals surface area (Å²) in [5, 5.41) is 35.9. The molecule has 0 spiro atoms. The number of nitrogens with zero attached hydrogens (tertiary/aromatic N) is 4. The van der Waals surface area contributed by atoms with Crippen LogP contribution in [0.4, 0.5) is 0 Å². The molecule has 1 aliphatic rings. The molecule has 0 unspecified atom stereocenters. The van der Waals surface area contributed by atoms with Crippen LogP contribution in [0.5, 0.6) is 0 Å². The normalized spacial score (nSPS) is 13.4. The Labute approximate surface area is 754 Å². The van der Waals surface area contributed by atoms with Crippen LogP contribution in [0.3, 0.4) is 0 Å². The highest BCUT2D eigenvalue weighted by molar-refractivity contribution is 6.42. The van der Waals surface area contributed by atoms with Gasteiger partial charge in [-0.05, 0) is 162 Å². The Morgan fingerprint density at radius 1 is 0.164 bits per heavy atom. The average molecular weight is 1710 g/mol. The zero-order valence-corrected chi connectivity index (χ0v) is 71.8. The molecule has 15 heterocycles. The molecule has 134 heavy (non-hydrogen) atoms. The third-order valence-electron chi connectivity index (χ3n) is 30.4. The van der Waals surface area contributed by atoms with Crippen LogP contribution in [-0.4, -0.2) is 17.6 Å². The zero-order valence-electron chi connectivity index (χ0n) is 71.8. The van der Waals surface area contributed by atoms with E-state index >= 15 is 0 Å². The van der Waals surface area contributed by atoms with Crippen molar-refractivity contribution < 1.29 is 30.9 Å². The topological polar surface area (TPSA) is 110 Å². The first-order chi connectivity index (χ1) is 66.3. The fraction of sp³-hybridized carbons (Fsp3) is 0.0244. The Morgan fingerprint density at radius 3 is 0.925 bits per heavy atom. The van der Waals surface area contributed by atoms with Crippen molar-refractivity contribution in [3.05, 3.63) is 375 Å². The predicted molar refractivity (Wildman–Crippen MR) is 553 cm³/mol. The molecule has 11 heteroatoms. The van der Waals surface area contributed by atoms with Gasteiger partial charge >= 0.3 is 0 Å². The third-order valence-corrected chi connectivity index (χ3v) is 30.4. The van der Waals surface area contributed by atoms with Gasteiger partial charge in [-0.1, -0.05) is 238 Å². The highest BCUT2D eigenvalue weighted by Gasteiger charge is 2.41. The van der Waals surface area contributed by atoms with Crippen molar-refractivity contribution in [3.8, 4) is 11.1 Å². The monoisotopic (exact) mass is 1710 g/mol. The third kappa shape index (κ3) is 8.53. The molecule has 0 fully saturated rings. The van der Waals surface area contributed by atoms with E-state index in [0.29, 0.717) is 0 Å². The number of rotatable bonds is 0.